The van der Waals surface area contributed by atoms with E-state index in [1.165, 1.54) is 0 Å². The first-order valence-corrected chi connectivity index (χ1v) is 6.37. The standard InChI is InChI=1S/C14H18N2O3/c1-9-4-5-11(12(17)7-9)14(19)16-6-2-3-10(8-16)13(15)18/h4-5,7,10,17H,2-3,6,8H2,1H3,(H2,15,18). The number of likely N-dealkylation sites (tertiary alicyclic amines) is 1. The molecule has 1 atom stereocenters. The maximum atomic E-state index is 12.3. The van der Waals surface area contributed by atoms with Crippen LogP contribution in [-0.4, -0.2) is 34.9 Å². The number of aromatic hydroxyl groups is 1. The van der Waals surface area contributed by atoms with Gasteiger partial charge in [-0.15, -0.1) is 0 Å². The van der Waals surface area contributed by atoms with E-state index < -0.39 is 0 Å². The summed E-state index contributed by atoms with van der Waals surface area (Å²) in [5.74, 6) is -0.925. The van der Waals surface area contributed by atoms with E-state index in [9.17, 15) is 14.7 Å². The van der Waals surface area contributed by atoms with Crippen LogP contribution in [0.2, 0.25) is 0 Å². The first-order valence-electron chi connectivity index (χ1n) is 6.37. The molecule has 1 fully saturated rings. The fourth-order valence-electron chi connectivity index (χ4n) is 2.39. The summed E-state index contributed by atoms with van der Waals surface area (Å²) < 4.78 is 0. The number of carbonyl (C=O) groups is 2. The maximum Gasteiger partial charge on any atom is 0.257 e. The number of hydrogen-bond acceptors (Lipinski definition) is 3. The number of piperidine rings is 1. The van der Waals surface area contributed by atoms with Crippen molar-refractivity contribution in [2.24, 2.45) is 11.7 Å². The number of amides is 2. The summed E-state index contributed by atoms with van der Waals surface area (Å²) in [5.41, 5.74) is 6.46. The summed E-state index contributed by atoms with van der Waals surface area (Å²) in [6.07, 6.45) is 1.48. The van der Waals surface area contributed by atoms with Crippen LogP contribution >= 0.6 is 0 Å². The Labute approximate surface area is 112 Å². The number of phenols is 1. The molecule has 19 heavy (non-hydrogen) atoms. The molecule has 102 valence electrons. The molecule has 0 aliphatic carbocycles. The Balaban J connectivity index is 2.17. The van der Waals surface area contributed by atoms with Crippen molar-refractivity contribution in [3.63, 3.8) is 0 Å². The molecule has 0 aromatic heterocycles. The van der Waals surface area contributed by atoms with Gasteiger partial charge >= 0.3 is 0 Å². The molecule has 1 saturated heterocycles. The summed E-state index contributed by atoms with van der Waals surface area (Å²) in [4.78, 5) is 25.1. The fraction of sp³-hybridized carbons (Fsp3) is 0.429. The van der Waals surface area contributed by atoms with E-state index in [1.807, 2.05) is 6.92 Å². The average Bonchev–Trinajstić information content (AvgIpc) is 2.38. The monoisotopic (exact) mass is 262 g/mol. The van der Waals surface area contributed by atoms with Gasteiger partial charge in [0.25, 0.3) is 5.91 Å². The Kier molecular flexibility index (Phi) is 3.74. The lowest BCUT2D eigenvalue weighted by molar-refractivity contribution is -0.123. The van der Waals surface area contributed by atoms with Gasteiger partial charge in [-0.05, 0) is 37.5 Å². The zero-order valence-electron chi connectivity index (χ0n) is 10.9. The van der Waals surface area contributed by atoms with Crippen molar-refractivity contribution < 1.29 is 14.7 Å². The highest BCUT2D eigenvalue weighted by Crippen LogP contribution is 2.23. The van der Waals surface area contributed by atoms with Crippen molar-refractivity contribution in [1.82, 2.24) is 4.90 Å². The molecule has 2 rings (SSSR count). The Bertz CT molecular complexity index is 513. The molecule has 1 unspecified atom stereocenters. The van der Waals surface area contributed by atoms with E-state index in [1.54, 1.807) is 23.1 Å². The molecule has 0 radical (unpaired) electrons. The summed E-state index contributed by atoms with van der Waals surface area (Å²) in [7, 11) is 0. The van der Waals surface area contributed by atoms with Crippen LogP contribution in [0.15, 0.2) is 18.2 Å². The Hall–Kier alpha value is -2.04. The lowest BCUT2D eigenvalue weighted by Crippen LogP contribution is -2.44. The molecule has 1 heterocycles. The third-order valence-corrected chi connectivity index (χ3v) is 3.49. The largest absolute Gasteiger partial charge is 0.507 e. The average molecular weight is 262 g/mol. The highest BCUT2D eigenvalue weighted by molar-refractivity contribution is 5.97. The summed E-state index contributed by atoms with van der Waals surface area (Å²) in [6, 6.07) is 4.95. The van der Waals surface area contributed by atoms with Crippen LogP contribution in [0.25, 0.3) is 0 Å². The van der Waals surface area contributed by atoms with Crippen LogP contribution in [0, 0.1) is 12.8 Å². The van der Waals surface area contributed by atoms with Gasteiger partial charge in [-0.2, -0.15) is 0 Å². The maximum absolute atomic E-state index is 12.3. The molecular weight excluding hydrogens is 244 g/mol. The molecule has 0 bridgehead atoms. The number of primary amides is 1. The lowest BCUT2D eigenvalue weighted by Gasteiger charge is -2.31. The van der Waals surface area contributed by atoms with Crippen molar-refractivity contribution in [1.29, 1.82) is 0 Å². The lowest BCUT2D eigenvalue weighted by atomic mass is 9.96. The Morgan fingerprint density at radius 1 is 1.42 bits per heavy atom. The summed E-state index contributed by atoms with van der Waals surface area (Å²) in [5, 5.41) is 9.83. The highest BCUT2D eigenvalue weighted by Gasteiger charge is 2.28. The minimum absolute atomic E-state index is 0.0220. The van der Waals surface area contributed by atoms with E-state index in [-0.39, 0.29) is 29.0 Å². The molecule has 5 heteroatoms. The van der Waals surface area contributed by atoms with Crippen LogP contribution in [0.1, 0.15) is 28.8 Å². The Morgan fingerprint density at radius 2 is 2.16 bits per heavy atom. The Morgan fingerprint density at radius 3 is 2.79 bits per heavy atom. The smallest absolute Gasteiger partial charge is 0.257 e. The SMILES string of the molecule is Cc1ccc(C(=O)N2CCCC(C(N)=O)C2)c(O)c1. The fourth-order valence-corrected chi connectivity index (χ4v) is 2.39. The van der Waals surface area contributed by atoms with E-state index in [0.717, 1.165) is 18.4 Å². The molecule has 5 nitrogen and oxygen atoms in total. The van der Waals surface area contributed by atoms with Gasteiger partial charge in [0.2, 0.25) is 5.91 Å². The molecule has 2 amide bonds. The van der Waals surface area contributed by atoms with Crippen LogP contribution in [0.3, 0.4) is 0 Å². The molecule has 0 spiro atoms. The van der Waals surface area contributed by atoms with E-state index in [4.69, 9.17) is 5.73 Å². The van der Waals surface area contributed by atoms with Crippen molar-refractivity contribution in [2.75, 3.05) is 13.1 Å². The number of rotatable bonds is 2. The zero-order valence-corrected chi connectivity index (χ0v) is 10.9. The van der Waals surface area contributed by atoms with Crippen LogP contribution < -0.4 is 5.73 Å². The van der Waals surface area contributed by atoms with Gasteiger partial charge in [0.05, 0.1) is 11.5 Å². The van der Waals surface area contributed by atoms with Crippen molar-refractivity contribution in [3.8, 4) is 5.75 Å². The third kappa shape index (κ3) is 2.86. The van der Waals surface area contributed by atoms with Gasteiger partial charge < -0.3 is 15.7 Å². The van der Waals surface area contributed by atoms with Crippen LogP contribution in [0.5, 0.6) is 5.75 Å². The second kappa shape index (κ2) is 5.30. The molecule has 1 aliphatic rings. The van der Waals surface area contributed by atoms with Crippen molar-refractivity contribution in [3.05, 3.63) is 29.3 Å². The molecule has 3 N–H and O–H groups in total. The number of benzene rings is 1. The number of nitrogens with zero attached hydrogens (tertiary/aromatic N) is 1. The van der Waals surface area contributed by atoms with Gasteiger partial charge in [-0.3, -0.25) is 9.59 Å². The van der Waals surface area contributed by atoms with Gasteiger partial charge in [0.1, 0.15) is 5.75 Å². The van der Waals surface area contributed by atoms with E-state index in [0.29, 0.717) is 13.1 Å². The number of aryl methyl sites for hydroxylation is 1. The molecule has 1 aromatic carbocycles. The quantitative estimate of drug-likeness (QED) is 0.835. The van der Waals surface area contributed by atoms with Gasteiger partial charge in [0, 0.05) is 13.1 Å². The molecular formula is C14H18N2O3. The normalized spacial score (nSPS) is 19.2. The number of carbonyl (C=O) groups excluding carboxylic acids is 2. The first kappa shape index (κ1) is 13.4. The van der Waals surface area contributed by atoms with E-state index >= 15 is 0 Å². The predicted molar refractivity (Wildman–Crippen MR) is 70.7 cm³/mol. The van der Waals surface area contributed by atoms with Gasteiger partial charge in [-0.25, -0.2) is 0 Å². The topological polar surface area (TPSA) is 83.6 Å². The van der Waals surface area contributed by atoms with Crippen molar-refractivity contribution in [2.45, 2.75) is 19.8 Å². The third-order valence-electron chi connectivity index (χ3n) is 3.49. The summed E-state index contributed by atoms with van der Waals surface area (Å²) in [6.45, 7) is 2.77. The number of phenolic OH excluding ortho intramolecular Hbond substituents is 1. The predicted octanol–water partition coefficient (Wildman–Crippen LogP) is 1.04. The second-order valence-electron chi connectivity index (χ2n) is 5.01. The van der Waals surface area contributed by atoms with Crippen LogP contribution in [-0.2, 0) is 4.79 Å². The summed E-state index contributed by atoms with van der Waals surface area (Å²) >= 11 is 0. The molecule has 0 saturated carbocycles. The molecule has 1 aromatic rings. The zero-order chi connectivity index (χ0) is 14.0. The minimum atomic E-state index is -0.370. The first-order chi connectivity index (χ1) is 8.99. The van der Waals surface area contributed by atoms with Gasteiger partial charge in [-0.1, -0.05) is 6.07 Å². The number of hydrogen-bond donors (Lipinski definition) is 2. The van der Waals surface area contributed by atoms with E-state index in [2.05, 4.69) is 0 Å². The molecule has 1 aliphatic heterocycles. The van der Waals surface area contributed by atoms with Crippen LogP contribution in [0.4, 0.5) is 0 Å². The second-order valence-corrected chi connectivity index (χ2v) is 5.01. The van der Waals surface area contributed by atoms with Crippen molar-refractivity contribution >= 4 is 11.8 Å². The minimum Gasteiger partial charge on any atom is -0.507 e. The van der Waals surface area contributed by atoms with Gasteiger partial charge in [0.15, 0.2) is 0 Å². The number of nitrogens with two attached hydrogens (primary N) is 1. The highest BCUT2D eigenvalue weighted by atomic mass is 16.3.